The normalized spacial score (nSPS) is 43.7. The molecule has 2 N–H and O–H groups in total. The summed E-state index contributed by atoms with van der Waals surface area (Å²) in [5, 5.41) is 0. The van der Waals surface area contributed by atoms with Gasteiger partial charge in [-0.2, -0.15) is 16.8 Å². The Morgan fingerprint density at radius 2 is 1.53 bits per heavy atom. The summed E-state index contributed by atoms with van der Waals surface area (Å²) in [4.78, 5) is 12.0. The molecule has 0 unspecified atom stereocenters. The van der Waals surface area contributed by atoms with Gasteiger partial charge >= 0.3 is 26.8 Å². The minimum Gasteiger partial charge on any atom is -0.469 e. The Balaban J connectivity index is 1.57. The fourth-order valence-corrected chi connectivity index (χ4v) is 10.2. The van der Waals surface area contributed by atoms with Gasteiger partial charge in [0, 0.05) is 6.42 Å². The molecule has 10 atom stereocenters. The average molecular weight is 553 g/mol. The van der Waals surface area contributed by atoms with Crippen LogP contribution in [0.3, 0.4) is 0 Å². The van der Waals surface area contributed by atoms with E-state index in [4.69, 9.17) is 13.1 Å². The fraction of sp³-hybridized carbons (Fsp3) is 0.958. The molecule has 0 aliphatic heterocycles. The number of hydrogen-bond acceptors (Lipinski definition) is 8. The summed E-state index contributed by atoms with van der Waals surface area (Å²) in [5.41, 5.74) is -0.207. The van der Waals surface area contributed by atoms with Crippen LogP contribution in [0.15, 0.2) is 0 Å². The fourth-order valence-electron chi connectivity index (χ4n) is 9.21. The summed E-state index contributed by atoms with van der Waals surface area (Å²) >= 11 is 0. The molecule has 208 valence electrons. The second kappa shape index (κ2) is 9.75. The van der Waals surface area contributed by atoms with Crippen molar-refractivity contribution >= 4 is 26.8 Å². The second-order valence-corrected chi connectivity index (χ2v) is 14.3. The molecule has 12 heteroatoms. The highest BCUT2D eigenvalue weighted by Gasteiger charge is 2.62. The molecule has 10 nitrogen and oxygen atoms in total. The highest BCUT2D eigenvalue weighted by molar-refractivity contribution is 7.81. The smallest absolute Gasteiger partial charge is 0.397 e. The second-order valence-electron chi connectivity index (χ2n) is 12.2. The van der Waals surface area contributed by atoms with E-state index >= 15 is 0 Å². The predicted octanol–water partition coefficient (Wildman–Crippen LogP) is 3.83. The van der Waals surface area contributed by atoms with Crippen molar-refractivity contribution < 1.29 is 43.8 Å². The molecule has 36 heavy (non-hydrogen) atoms. The monoisotopic (exact) mass is 552 g/mol. The number of methoxy groups -OCH3 is 1. The van der Waals surface area contributed by atoms with Gasteiger partial charge in [-0.05, 0) is 97.7 Å². The minimum absolute atomic E-state index is 0.0755. The van der Waals surface area contributed by atoms with Gasteiger partial charge in [0.2, 0.25) is 0 Å². The largest absolute Gasteiger partial charge is 0.469 e. The van der Waals surface area contributed by atoms with Gasteiger partial charge in [0.15, 0.2) is 0 Å². The zero-order chi connectivity index (χ0) is 26.7. The van der Waals surface area contributed by atoms with Crippen LogP contribution in [-0.2, 0) is 38.7 Å². The van der Waals surface area contributed by atoms with Gasteiger partial charge < -0.3 is 4.74 Å². The molecule has 0 bridgehead atoms. The SMILES string of the molecule is COC(=O)C[C@@H](C)[C@H]1CC[C@H]2[C@@H]3CC[C@H]4C[C@H](OS(=O)(=O)O)[C@@H](OS(=O)(=O)O)C[C@]4(C)[C@H]3CC[C@]12C. The lowest BCUT2D eigenvalue weighted by molar-refractivity contribution is -0.153. The molecule has 0 radical (unpaired) electrons. The first kappa shape index (κ1) is 28.2. The van der Waals surface area contributed by atoms with Gasteiger partial charge in [-0.15, -0.1) is 0 Å². The molecule has 4 aliphatic carbocycles. The maximum atomic E-state index is 12.0. The summed E-state index contributed by atoms with van der Waals surface area (Å²) in [5.74, 6) is 1.79. The lowest BCUT2D eigenvalue weighted by atomic mass is 9.44. The zero-order valence-electron chi connectivity index (χ0n) is 21.5. The highest BCUT2D eigenvalue weighted by Crippen LogP contribution is 2.68. The Kier molecular flexibility index (Phi) is 7.64. The van der Waals surface area contributed by atoms with E-state index in [0.29, 0.717) is 30.1 Å². The van der Waals surface area contributed by atoms with Crippen molar-refractivity contribution in [3.05, 3.63) is 0 Å². The molecule has 0 spiro atoms. The van der Waals surface area contributed by atoms with Gasteiger partial charge in [-0.25, -0.2) is 8.37 Å². The van der Waals surface area contributed by atoms with Gasteiger partial charge in [-0.3, -0.25) is 13.9 Å². The zero-order valence-corrected chi connectivity index (χ0v) is 23.1. The van der Waals surface area contributed by atoms with Crippen molar-refractivity contribution in [1.82, 2.24) is 0 Å². The Morgan fingerprint density at radius 1 is 0.917 bits per heavy atom. The lowest BCUT2D eigenvalue weighted by Crippen LogP contribution is -2.57. The number of rotatable bonds is 7. The van der Waals surface area contributed by atoms with Crippen LogP contribution in [0.1, 0.15) is 78.6 Å². The van der Waals surface area contributed by atoms with Crippen molar-refractivity contribution in [3.63, 3.8) is 0 Å². The number of hydrogen-bond donors (Lipinski definition) is 2. The van der Waals surface area contributed by atoms with Gasteiger partial charge in [0.1, 0.15) is 12.2 Å². The molecule has 4 rings (SSSR count). The third-order valence-corrected chi connectivity index (χ3v) is 11.6. The van der Waals surface area contributed by atoms with Crippen LogP contribution >= 0.6 is 0 Å². The van der Waals surface area contributed by atoms with E-state index in [-0.39, 0.29) is 41.5 Å². The molecular weight excluding hydrogens is 512 g/mol. The standard InChI is InChI=1S/C24H40O10S2/c1-14(11-22(25)32-4)17-7-8-18-16-6-5-15-12-20(33-35(26,27)28)21(34-36(29,30)31)13-24(15,3)19(16)9-10-23(17,18)2/h14-21H,5-13H2,1-4H3,(H,26,27,28)(H,29,30,31)/t14-,15+,16+,17-,18+,19+,20+,21+,23-,24+/m1/s1. The maximum absolute atomic E-state index is 12.0. The summed E-state index contributed by atoms with van der Waals surface area (Å²) in [6.45, 7) is 6.65. The van der Waals surface area contributed by atoms with Crippen LogP contribution in [0, 0.1) is 46.3 Å². The molecule has 0 heterocycles. The first-order valence-corrected chi connectivity index (χ1v) is 15.7. The van der Waals surface area contributed by atoms with Crippen molar-refractivity contribution in [2.24, 2.45) is 46.3 Å². The number of carbonyl (C=O) groups excluding carboxylic acids is 1. The third-order valence-electron chi connectivity index (χ3n) is 10.6. The van der Waals surface area contributed by atoms with E-state index in [1.807, 2.05) is 0 Å². The summed E-state index contributed by atoms with van der Waals surface area (Å²) in [7, 11) is -8.26. The Labute approximate surface area is 214 Å². The Hall–Kier alpha value is -0.790. The number of carbonyl (C=O) groups is 1. The summed E-state index contributed by atoms with van der Waals surface area (Å²) < 4.78 is 79.3. The van der Waals surface area contributed by atoms with Gasteiger partial charge in [-0.1, -0.05) is 20.8 Å². The Morgan fingerprint density at radius 3 is 2.14 bits per heavy atom. The molecular formula is C24H40O10S2. The third kappa shape index (κ3) is 5.36. The average Bonchev–Trinajstić information content (AvgIpc) is 3.09. The van der Waals surface area contributed by atoms with Crippen LogP contribution in [0.25, 0.3) is 0 Å². The van der Waals surface area contributed by atoms with Crippen LogP contribution < -0.4 is 0 Å². The quantitative estimate of drug-likeness (QED) is 0.352. The topological polar surface area (TPSA) is 154 Å². The molecule has 4 saturated carbocycles. The molecule has 4 aliphatic rings. The number of fused-ring (bicyclic) bond motifs is 5. The predicted molar refractivity (Wildman–Crippen MR) is 129 cm³/mol. The minimum atomic E-state index is -4.85. The molecule has 0 aromatic carbocycles. The van der Waals surface area contributed by atoms with Crippen molar-refractivity contribution in [3.8, 4) is 0 Å². The Bertz CT molecular complexity index is 1060. The first-order chi connectivity index (χ1) is 16.6. The summed E-state index contributed by atoms with van der Waals surface area (Å²) in [6.07, 6.45) is 4.40. The van der Waals surface area contributed by atoms with E-state index in [2.05, 4.69) is 20.8 Å². The highest BCUT2D eigenvalue weighted by atomic mass is 32.3. The first-order valence-electron chi connectivity index (χ1n) is 13.0. The van der Waals surface area contributed by atoms with E-state index < -0.39 is 33.0 Å². The number of esters is 1. The van der Waals surface area contributed by atoms with Gasteiger partial charge in [0.05, 0.1) is 7.11 Å². The van der Waals surface area contributed by atoms with E-state index in [9.17, 15) is 30.7 Å². The lowest BCUT2D eigenvalue weighted by Gasteiger charge is -2.62. The van der Waals surface area contributed by atoms with Crippen molar-refractivity contribution in [2.45, 2.75) is 90.8 Å². The summed E-state index contributed by atoms with van der Waals surface area (Å²) in [6, 6.07) is 0. The molecule has 0 saturated heterocycles. The van der Waals surface area contributed by atoms with E-state index in [0.717, 1.165) is 38.5 Å². The van der Waals surface area contributed by atoms with Crippen LogP contribution in [-0.4, -0.2) is 51.2 Å². The van der Waals surface area contributed by atoms with Crippen LogP contribution in [0.2, 0.25) is 0 Å². The van der Waals surface area contributed by atoms with Gasteiger partial charge in [0.25, 0.3) is 0 Å². The van der Waals surface area contributed by atoms with E-state index in [1.54, 1.807) is 0 Å². The van der Waals surface area contributed by atoms with Crippen LogP contribution in [0.5, 0.6) is 0 Å². The molecule has 4 fully saturated rings. The van der Waals surface area contributed by atoms with E-state index in [1.165, 1.54) is 7.11 Å². The number of ether oxygens (including phenoxy) is 1. The maximum Gasteiger partial charge on any atom is 0.397 e. The van der Waals surface area contributed by atoms with Crippen molar-refractivity contribution in [2.75, 3.05) is 7.11 Å². The van der Waals surface area contributed by atoms with Crippen molar-refractivity contribution in [1.29, 1.82) is 0 Å². The molecule has 0 aromatic rings. The molecule has 0 amide bonds. The van der Waals surface area contributed by atoms with Crippen LogP contribution in [0.4, 0.5) is 0 Å². The molecule has 0 aromatic heterocycles.